The zero-order valence-electron chi connectivity index (χ0n) is 11.3. The fourth-order valence-electron chi connectivity index (χ4n) is 3.49. The van der Waals surface area contributed by atoms with Gasteiger partial charge in [0, 0.05) is 31.1 Å². The second kappa shape index (κ2) is 4.09. The predicted octanol–water partition coefficient (Wildman–Crippen LogP) is 2.15. The first-order valence-electron chi connectivity index (χ1n) is 6.67. The van der Waals surface area contributed by atoms with E-state index in [4.69, 9.17) is 0 Å². The van der Waals surface area contributed by atoms with E-state index in [1.54, 1.807) is 6.92 Å². The second-order valence-electron chi connectivity index (χ2n) is 5.68. The average molecular weight is 244 g/mol. The fourth-order valence-corrected chi connectivity index (χ4v) is 3.49. The van der Waals surface area contributed by atoms with Gasteiger partial charge in [0.25, 0.3) is 0 Å². The van der Waals surface area contributed by atoms with Crippen LogP contribution in [0.25, 0.3) is 0 Å². The summed E-state index contributed by atoms with van der Waals surface area (Å²) in [5.74, 6) is 0.666. The molecule has 0 radical (unpaired) electrons. The number of likely N-dealkylation sites (N-methyl/N-ethyl adjacent to an activating group) is 1. The zero-order valence-corrected chi connectivity index (χ0v) is 11.3. The first-order chi connectivity index (χ1) is 8.58. The summed E-state index contributed by atoms with van der Waals surface area (Å²) in [5.41, 5.74) is 3.78. The van der Waals surface area contributed by atoms with Crippen molar-refractivity contribution < 1.29 is 4.79 Å². The summed E-state index contributed by atoms with van der Waals surface area (Å²) in [6, 6.07) is 6.85. The molecule has 2 aliphatic rings. The van der Waals surface area contributed by atoms with E-state index < -0.39 is 0 Å². The van der Waals surface area contributed by atoms with Gasteiger partial charge in [0.2, 0.25) is 5.91 Å². The number of hydrogen-bond acceptors (Lipinski definition) is 2. The van der Waals surface area contributed by atoms with Crippen LogP contribution in [-0.2, 0) is 4.79 Å². The second-order valence-corrected chi connectivity index (χ2v) is 5.68. The third-order valence-electron chi connectivity index (χ3n) is 4.29. The molecule has 0 aromatic heterocycles. The minimum Gasteiger partial charge on any atom is -0.309 e. The Hall–Kier alpha value is -1.35. The van der Waals surface area contributed by atoms with Crippen molar-refractivity contribution in [3.8, 4) is 0 Å². The van der Waals surface area contributed by atoms with E-state index in [0.29, 0.717) is 12.0 Å². The first kappa shape index (κ1) is 11.7. The molecule has 0 unspecified atom stereocenters. The maximum absolute atomic E-state index is 11.9. The lowest BCUT2D eigenvalue weighted by Gasteiger charge is -2.36. The van der Waals surface area contributed by atoms with Crippen molar-refractivity contribution in [1.29, 1.82) is 0 Å². The lowest BCUT2D eigenvalue weighted by molar-refractivity contribution is -0.117. The Kier molecular flexibility index (Phi) is 2.67. The summed E-state index contributed by atoms with van der Waals surface area (Å²) >= 11 is 0. The van der Waals surface area contributed by atoms with Crippen molar-refractivity contribution in [2.75, 3.05) is 25.0 Å². The number of benzene rings is 1. The summed E-state index contributed by atoms with van der Waals surface area (Å²) in [7, 11) is 2.17. The van der Waals surface area contributed by atoms with Crippen LogP contribution >= 0.6 is 0 Å². The molecule has 1 aromatic rings. The summed E-state index contributed by atoms with van der Waals surface area (Å²) in [4.78, 5) is 16.3. The van der Waals surface area contributed by atoms with Crippen molar-refractivity contribution in [3.63, 3.8) is 0 Å². The third-order valence-corrected chi connectivity index (χ3v) is 4.29. The number of amides is 1. The molecule has 0 saturated carbocycles. The maximum Gasteiger partial charge on any atom is 0.224 e. The standard InChI is InChI=1S/C15H20N2O/c1-10-4-5-14-12(8-10)13-9-16(3)7-6-15(13)17(14)11(2)18/h4-5,8,13,15H,6-7,9H2,1-3H3/t13-,15-/m0/s1. The van der Waals surface area contributed by atoms with E-state index >= 15 is 0 Å². The molecule has 96 valence electrons. The Morgan fingerprint density at radius 3 is 2.89 bits per heavy atom. The van der Waals surface area contributed by atoms with Crippen LogP contribution in [0.5, 0.6) is 0 Å². The van der Waals surface area contributed by atoms with Crippen molar-refractivity contribution in [1.82, 2.24) is 4.90 Å². The average Bonchev–Trinajstić information content (AvgIpc) is 2.62. The number of carbonyl (C=O) groups is 1. The van der Waals surface area contributed by atoms with Gasteiger partial charge in [-0.15, -0.1) is 0 Å². The highest BCUT2D eigenvalue weighted by atomic mass is 16.2. The lowest BCUT2D eigenvalue weighted by atomic mass is 9.89. The number of aryl methyl sites for hydroxylation is 1. The van der Waals surface area contributed by atoms with Crippen LogP contribution in [0.4, 0.5) is 5.69 Å². The van der Waals surface area contributed by atoms with Crippen LogP contribution in [0.2, 0.25) is 0 Å². The van der Waals surface area contributed by atoms with Gasteiger partial charge in [-0.1, -0.05) is 17.7 Å². The van der Waals surface area contributed by atoms with Crippen molar-refractivity contribution in [2.24, 2.45) is 0 Å². The summed E-state index contributed by atoms with van der Waals surface area (Å²) in [6.07, 6.45) is 1.08. The van der Waals surface area contributed by atoms with Crippen molar-refractivity contribution in [3.05, 3.63) is 29.3 Å². The van der Waals surface area contributed by atoms with E-state index in [1.165, 1.54) is 11.1 Å². The number of likely N-dealkylation sites (tertiary alicyclic amines) is 1. The maximum atomic E-state index is 11.9. The first-order valence-corrected chi connectivity index (χ1v) is 6.67. The number of anilines is 1. The molecule has 2 heterocycles. The van der Waals surface area contributed by atoms with Gasteiger partial charge in [-0.2, -0.15) is 0 Å². The van der Waals surface area contributed by atoms with E-state index in [1.807, 2.05) is 4.90 Å². The van der Waals surface area contributed by atoms with Gasteiger partial charge in [0.05, 0.1) is 0 Å². The molecule has 0 bridgehead atoms. The molecular formula is C15H20N2O. The minimum atomic E-state index is 0.178. The Bertz CT molecular complexity index is 497. The fraction of sp³-hybridized carbons (Fsp3) is 0.533. The van der Waals surface area contributed by atoms with Crippen LogP contribution < -0.4 is 4.90 Å². The monoisotopic (exact) mass is 244 g/mol. The van der Waals surface area contributed by atoms with Crippen LogP contribution in [-0.4, -0.2) is 37.0 Å². The Morgan fingerprint density at radius 1 is 1.39 bits per heavy atom. The smallest absolute Gasteiger partial charge is 0.224 e. The molecule has 1 saturated heterocycles. The molecule has 0 N–H and O–H groups in total. The number of nitrogens with zero attached hydrogens (tertiary/aromatic N) is 2. The van der Waals surface area contributed by atoms with Gasteiger partial charge in [0.15, 0.2) is 0 Å². The Labute approximate surface area is 108 Å². The van der Waals surface area contributed by atoms with E-state index in [9.17, 15) is 4.79 Å². The third kappa shape index (κ3) is 1.65. The topological polar surface area (TPSA) is 23.6 Å². The molecular weight excluding hydrogens is 224 g/mol. The van der Waals surface area contributed by atoms with E-state index in [0.717, 1.165) is 25.2 Å². The van der Waals surface area contributed by atoms with Crippen molar-refractivity contribution >= 4 is 11.6 Å². The van der Waals surface area contributed by atoms with Gasteiger partial charge < -0.3 is 9.80 Å². The van der Waals surface area contributed by atoms with Crippen molar-refractivity contribution in [2.45, 2.75) is 32.2 Å². The molecule has 2 atom stereocenters. The summed E-state index contributed by atoms with van der Waals surface area (Å²) in [6.45, 7) is 5.95. The normalized spacial score (nSPS) is 26.9. The lowest BCUT2D eigenvalue weighted by Crippen LogP contribution is -2.46. The van der Waals surface area contributed by atoms with Gasteiger partial charge >= 0.3 is 0 Å². The van der Waals surface area contributed by atoms with Crippen LogP contribution in [0, 0.1) is 6.92 Å². The Morgan fingerprint density at radius 2 is 2.17 bits per heavy atom. The number of piperidine rings is 1. The van der Waals surface area contributed by atoms with Crippen LogP contribution in [0.3, 0.4) is 0 Å². The molecule has 0 aliphatic carbocycles. The number of fused-ring (bicyclic) bond motifs is 3. The summed E-state index contributed by atoms with van der Waals surface area (Å²) < 4.78 is 0. The van der Waals surface area contributed by atoms with Gasteiger partial charge in [-0.05, 0) is 38.6 Å². The highest BCUT2D eigenvalue weighted by molar-refractivity contribution is 5.95. The molecule has 1 aromatic carbocycles. The number of rotatable bonds is 0. The Balaban J connectivity index is 2.09. The number of hydrogen-bond donors (Lipinski definition) is 0. The SMILES string of the molecule is CC(=O)N1c2ccc(C)cc2[C@@H]2CN(C)CC[C@@H]21. The van der Waals surface area contributed by atoms with E-state index in [2.05, 4.69) is 37.1 Å². The van der Waals surface area contributed by atoms with Gasteiger partial charge in [-0.3, -0.25) is 4.79 Å². The van der Waals surface area contributed by atoms with E-state index in [-0.39, 0.29) is 5.91 Å². The molecule has 3 rings (SSSR count). The highest BCUT2D eigenvalue weighted by Gasteiger charge is 2.42. The zero-order chi connectivity index (χ0) is 12.9. The molecule has 2 aliphatic heterocycles. The van der Waals surface area contributed by atoms with Gasteiger partial charge in [0.1, 0.15) is 0 Å². The number of carbonyl (C=O) groups excluding carboxylic acids is 1. The predicted molar refractivity (Wildman–Crippen MR) is 73.0 cm³/mol. The summed E-state index contributed by atoms with van der Waals surface area (Å²) in [5, 5.41) is 0. The molecule has 0 spiro atoms. The molecule has 3 nitrogen and oxygen atoms in total. The molecule has 1 amide bonds. The molecule has 3 heteroatoms. The minimum absolute atomic E-state index is 0.178. The largest absolute Gasteiger partial charge is 0.309 e. The quantitative estimate of drug-likeness (QED) is 0.698. The van der Waals surface area contributed by atoms with Crippen LogP contribution in [0.15, 0.2) is 18.2 Å². The van der Waals surface area contributed by atoms with Gasteiger partial charge in [-0.25, -0.2) is 0 Å². The molecule has 1 fully saturated rings. The highest BCUT2D eigenvalue weighted by Crippen LogP contribution is 2.44. The van der Waals surface area contributed by atoms with Crippen LogP contribution in [0.1, 0.15) is 30.4 Å². The molecule has 18 heavy (non-hydrogen) atoms.